The fraction of sp³-hybridized carbons (Fsp3) is 0.500. The second-order valence-electron chi connectivity index (χ2n) is 9.77. The molecule has 2 saturated carbocycles. The highest BCUT2D eigenvalue weighted by Crippen LogP contribution is 2.53. The highest BCUT2D eigenvalue weighted by atomic mass is 16.5. The summed E-state index contributed by atoms with van der Waals surface area (Å²) in [7, 11) is 3.43. The third kappa shape index (κ3) is 3.49. The molecule has 0 bridgehead atoms. The molecule has 1 aliphatic heterocycles. The SMILES string of the molecule is CNc1cc(Nc2cccn([C@H]3[C@@H]4COC[C@@H]43)c2=O)nc2c(C(=O)N[C@H]3CC[C@]3(C)OC)cnn12. The number of fused-ring (bicyclic) bond motifs is 2. The van der Waals surface area contributed by atoms with Crippen molar-refractivity contribution in [2.75, 3.05) is 38.0 Å². The first-order valence-electron chi connectivity index (χ1n) is 11.9. The fourth-order valence-corrected chi connectivity index (χ4v) is 5.37. The molecule has 6 rings (SSSR count). The van der Waals surface area contributed by atoms with Crippen LogP contribution in [-0.4, -0.2) is 64.1 Å². The average Bonchev–Trinajstić information content (AvgIpc) is 3.17. The van der Waals surface area contributed by atoms with Gasteiger partial charge in [-0.2, -0.15) is 9.61 Å². The van der Waals surface area contributed by atoms with E-state index in [1.165, 1.54) is 6.20 Å². The van der Waals surface area contributed by atoms with Gasteiger partial charge in [0.25, 0.3) is 11.5 Å². The maximum Gasteiger partial charge on any atom is 0.274 e. The van der Waals surface area contributed by atoms with Crippen LogP contribution in [0.5, 0.6) is 0 Å². The van der Waals surface area contributed by atoms with Crippen molar-refractivity contribution in [3.05, 3.63) is 46.5 Å². The molecule has 11 nitrogen and oxygen atoms in total. The summed E-state index contributed by atoms with van der Waals surface area (Å²) in [6.45, 7) is 3.41. The lowest BCUT2D eigenvalue weighted by Gasteiger charge is -2.45. The van der Waals surface area contributed by atoms with Crippen LogP contribution >= 0.6 is 0 Å². The third-order valence-corrected chi connectivity index (χ3v) is 7.88. The Morgan fingerprint density at radius 2 is 2.11 bits per heavy atom. The van der Waals surface area contributed by atoms with Crippen LogP contribution < -0.4 is 21.5 Å². The van der Waals surface area contributed by atoms with Crippen molar-refractivity contribution in [2.45, 2.75) is 37.5 Å². The Kier molecular flexibility index (Phi) is 5.08. The van der Waals surface area contributed by atoms with Crippen LogP contribution in [0.25, 0.3) is 5.65 Å². The van der Waals surface area contributed by atoms with Gasteiger partial charge >= 0.3 is 0 Å². The van der Waals surface area contributed by atoms with E-state index < -0.39 is 0 Å². The predicted octanol–water partition coefficient (Wildman–Crippen LogP) is 1.79. The summed E-state index contributed by atoms with van der Waals surface area (Å²) in [6.07, 6.45) is 5.09. The van der Waals surface area contributed by atoms with Gasteiger partial charge in [-0.05, 0) is 31.9 Å². The fourth-order valence-electron chi connectivity index (χ4n) is 5.37. The molecule has 4 heterocycles. The molecule has 0 radical (unpaired) electrons. The molecule has 2 aliphatic carbocycles. The zero-order valence-electron chi connectivity index (χ0n) is 19.9. The second-order valence-corrected chi connectivity index (χ2v) is 9.77. The Morgan fingerprint density at radius 3 is 2.80 bits per heavy atom. The van der Waals surface area contributed by atoms with Crippen molar-refractivity contribution >= 4 is 28.9 Å². The molecular formula is C24H29N7O4. The minimum atomic E-state index is -0.367. The normalized spacial score (nSPS) is 28.9. The summed E-state index contributed by atoms with van der Waals surface area (Å²) in [6, 6.07) is 5.47. The van der Waals surface area contributed by atoms with Gasteiger partial charge in [-0.1, -0.05) is 0 Å². The van der Waals surface area contributed by atoms with Gasteiger partial charge in [0.05, 0.1) is 31.1 Å². The predicted molar refractivity (Wildman–Crippen MR) is 129 cm³/mol. The van der Waals surface area contributed by atoms with Crippen LogP contribution in [0.15, 0.2) is 35.4 Å². The van der Waals surface area contributed by atoms with E-state index in [2.05, 4.69) is 26.0 Å². The number of ether oxygens (including phenoxy) is 2. The molecule has 1 amide bonds. The number of hydrogen-bond acceptors (Lipinski definition) is 8. The molecule has 35 heavy (non-hydrogen) atoms. The van der Waals surface area contributed by atoms with Gasteiger partial charge in [0.2, 0.25) is 0 Å². The van der Waals surface area contributed by atoms with E-state index in [4.69, 9.17) is 9.47 Å². The van der Waals surface area contributed by atoms with Crippen LogP contribution in [0, 0.1) is 11.8 Å². The summed E-state index contributed by atoms with van der Waals surface area (Å²) in [5.74, 6) is 1.64. The lowest BCUT2D eigenvalue weighted by molar-refractivity contribution is -0.0828. The van der Waals surface area contributed by atoms with Gasteiger partial charge in [0.15, 0.2) is 5.65 Å². The molecule has 5 atom stereocenters. The van der Waals surface area contributed by atoms with Gasteiger partial charge in [-0.15, -0.1) is 0 Å². The number of nitrogens with zero attached hydrogens (tertiary/aromatic N) is 4. The molecule has 0 unspecified atom stereocenters. The number of pyridine rings is 1. The topological polar surface area (TPSA) is 124 Å². The first-order chi connectivity index (χ1) is 16.9. The summed E-state index contributed by atoms with van der Waals surface area (Å²) >= 11 is 0. The molecule has 11 heteroatoms. The molecule has 3 aromatic heterocycles. The standard InChI is InChI=1S/C24H29N7O4/c1-24(34-3)7-6-17(24)28-22(32)13-10-26-31-19(25-2)9-18(29-21(13)31)27-16-5-4-8-30(23(16)33)20-14-11-35-12-15(14)20/h4-5,8-10,14-15,17,20,25H,6-7,11-12H2,1-3H3,(H,27,29)(H,28,32)/t14-,15+,17-,20+,24-/m0/s1. The number of aromatic nitrogens is 4. The number of amides is 1. The highest BCUT2D eigenvalue weighted by Gasteiger charge is 2.55. The molecule has 3 fully saturated rings. The highest BCUT2D eigenvalue weighted by molar-refractivity contribution is 6.00. The zero-order valence-corrected chi connectivity index (χ0v) is 19.9. The van der Waals surface area contributed by atoms with Gasteiger partial charge in [-0.25, -0.2) is 4.98 Å². The van der Waals surface area contributed by atoms with Gasteiger partial charge in [0.1, 0.15) is 22.9 Å². The molecule has 0 aromatic carbocycles. The van der Waals surface area contributed by atoms with Crippen LogP contribution in [0.1, 0.15) is 36.2 Å². The van der Waals surface area contributed by atoms with E-state index in [1.54, 1.807) is 35.4 Å². The lowest BCUT2D eigenvalue weighted by Crippen LogP contribution is -2.59. The minimum Gasteiger partial charge on any atom is -0.381 e. The Hall–Kier alpha value is -3.44. The molecule has 3 aliphatic rings. The van der Waals surface area contributed by atoms with Gasteiger partial charge in [0, 0.05) is 44.3 Å². The molecule has 184 valence electrons. The first-order valence-corrected chi connectivity index (χ1v) is 11.9. The van der Waals surface area contributed by atoms with E-state index in [-0.39, 0.29) is 29.2 Å². The lowest BCUT2D eigenvalue weighted by atomic mass is 9.76. The summed E-state index contributed by atoms with van der Waals surface area (Å²) < 4.78 is 14.4. The van der Waals surface area contributed by atoms with Crippen molar-refractivity contribution < 1.29 is 14.3 Å². The number of anilines is 3. The molecular weight excluding hydrogens is 450 g/mol. The van der Waals surface area contributed by atoms with Crippen LogP contribution in [0.2, 0.25) is 0 Å². The Labute approximate surface area is 201 Å². The van der Waals surface area contributed by atoms with Gasteiger partial charge in [-0.3, -0.25) is 9.59 Å². The largest absolute Gasteiger partial charge is 0.381 e. The average molecular weight is 480 g/mol. The van der Waals surface area contributed by atoms with E-state index in [0.29, 0.717) is 53.6 Å². The number of rotatable bonds is 7. The minimum absolute atomic E-state index is 0.0740. The number of nitrogens with one attached hydrogen (secondary N) is 3. The molecule has 3 N–H and O–H groups in total. The summed E-state index contributed by atoms with van der Waals surface area (Å²) in [5.41, 5.74) is 0.698. The summed E-state index contributed by atoms with van der Waals surface area (Å²) in [4.78, 5) is 31.0. The maximum absolute atomic E-state index is 13.2. The maximum atomic E-state index is 13.2. The smallest absolute Gasteiger partial charge is 0.274 e. The Bertz CT molecular complexity index is 1350. The monoisotopic (exact) mass is 479 g/mol. The number of carbonyl (C=O) groups is 1. The third-order valence-electron chi connectivity index (χ3n) is 7.88. The van der Waals surface area contributed by atoms with Crippen molar-refractivity contribution in [3.63, 3.8) is 0 Å². The number of hydrogen-bond donors (Lipinski definition) is 3. The van der Waals surface area contributed by atoms with Crippen molar-refractivity contribution in [1.29, 1.82) is 0 Å². The second kappa shape index (κ2) is 8.06. The van der Waals surface area contributed by atoms with Gasteiger partial charge < -0.3 is 30.0 Å². The Morgan fingerprint density at radius 1 is 1.31 bits per heavy atom. The Balaban J connectivity index is 1.30. The van der Waals surface area contributed by atoms with Crippen LogP contribution in [0.4, 0.5) is 17.3 Å². The number of methoxy groups -OCH3 is 1. The van der Waals surface area contributed by atoms with Crippen LogP contribution in [-0.2, 0) is 9.47 Å². The molecule has 0 spiro atoms. The number of carbonyl (C=O) groups excluding carboxylic acids is 1. The van der Waals surface area contributed by atoms with Crippen LogP contribution in [0.3, 0.4) is 0 Å². The zero-order chi connectivity index (χ0) is 24.3. The van der Waals surface area contributed by atoms with E-state index in [9.17, 15) is 9.59 Å². The van der Waals surface area contributed by atoms with E-state index >= 15 is 0 Å². The van der Waals surface area contributed by atoms with Crippen molar-refractivity contribution in [1.82, 2.24) is 24.5 Å². The quantitative estimate of drug-likeness (QED) is 0.469. The van der Waals surface area contributed by atoms with E-state index in [1.807, 2.05) is 19.2 Å². The first kappa shape index (κ1) is 22.1. The molecule has 3 aromatic rings. The molecule has 1 saturated heterocycles. The summed E-state index contributed by atoms with van der Waals surface area (Å²) in [5, 5.41) is 13.7. The van der Waals surface area contributed by atoms with Crippen molar-refractivity contribution in [3.8, 4) is 0 Å². The van der Waals surface area contributed by atoms with E-state index in [0.717, 1.165) is 12.8 Å². The van der Waals surface area contributed by atoms with Crippen molar-refractivity contribution in [2.24, 2.45) is 11.8 Å².